The fraction of sp³-hybridized carbons (Fsp3) is 0.125. The number of benzene rings is 2. The molecule has 0 heterocycles. The number of carbonyl (C=O) groups is 1. The predicted molar refractivity (Wildman–Crippen MR) is 90.8 cm³/mol. The van der Waals surface area contributed by atoms with Gasteiger partial charge < -0.3 is 11.1 Å². The van der Waals surface area contributed by atoms with Gasteiger partial charge in [0.1, 0.15) is 5.92 Å². The second-order valence-electron chi connectivity index (χ2n) is 4.70. The van der Waals surface area contributed by atoms with E-state index in [1.54, 1.807) is 12.1 Å². The molecular weight excluding hydrogens is 304 g/mol. The first kappa shape index (κ1) is 15.5. The Morgan fingerprint density at radius 3 is 2.48 bits per heavy atom. The summed E-state index contributed by atoms with van der Waals surface area (Å²) >= 11 is 11.1. The Morgan fingerprint density at radius 1 is 1.24 bits per heavy atom. The molecule has 5 heteroatoms. The lowest BCUT2D eigenvalue weighted by molar-refractivity contribution is -0.116. The van der Waals surface area contributed by atoms with Gasteiger partial charge in [-0.2, -0.15) is 0 Å². The van der Waals surface area contributed by atoms with Gasteiger partial charge in [-0.15, -0.1) is 0 Å². The molecule has 0 fully saturated rings. The molecule has 0 aliphatic heterocycles. The van der Waals surface area contributed by atoms with Crippen LogP contribution in [-0.2, 0) is 4.79 Å². The molecule has 0 aliphatic carbocycles. The second kappa shape index (κ2) is 6.70. The van der Waals surface area contributed by atoms with Gasteiger partial charge in [0.05, 0.1) is 4.99 Å². The van der Waals surface area contributed by atoms with Gasteiger partial charge in [-0.1, -0.05) is 60.2 Å². The Hall–Kier alpha value is -1.91. The number of nitrogens with two attached hydrogens (primary N) is 1. The summed E-state index contributed by atoms with van der Waals surface area (Å²) < 4.78 is 0. The number of nitrogens with one attached hydrogen (secondary N) is 1. The lowest BCUT2D eigenvalue weighted by Gasteiger charge is -2.16. The Morgan fingerprint density at radius 2 is 1.90 bits per heavy atom. The number of halogens is 1. The molecule has 1 amide bonds. The maximum absolute atomic E-state index is 12.4. The normalized spacial score (nSPS) is 11.7. The molecular formula is C16H15ClN2OS. The van der Waals surface area contributed by atoms with Crippen LogP contribution in [0.15, 0.2) is 48.5 Å². The van der Waals surface area contributed by atoms with E-state index in [4.69, 9.17) is 29.6 Å². The largest absolute Gasteiger partial charge is 0.392 e. The average Bonchev–Trinajstić information content (AvgIpc) is 2.44. The molecule has 0 saturated heterocycles. The first-order valence-electron chi connectivity index (χ1n) is 6.40. The fourth-order valence-corrected chi connectivity index (χ4v) is 2.40. The van der Waals surface area contributed by atoms with Crippen LogP contribution in [0.3, 0.4) is 0 Å². The standard InChI is InChI=1S/C16H15ClN2OS/c1-10-7-8-12(9-13(10)17)19-16(20)14(15(18)21)11-5-3-2-4-6-11/h2-9,14H,1H3,(H2,18,21)(H,19,20). The van der Waals surface area contributed by atoms with Gasteiger partial charge in [0.2, 0.25) is 5.91 Å². The minimum atomic E-state index is -0.665. The molecule has 108 valence electrons. The van der Waals surface area contributed by atoms with E-state index in [1.807, 2.05) is 43.3 Å². The second-order valence-corrected chi connectivity index (χ2v) is 5.58. The highest BCUT2D eigenvalue weighted by atomic mass is 35.5. The minimum Gasteiger partial charge on any atom is -0.392 e. The molecule has 0 spiro atoms. The van der Waals surface area contributed by atoms with E-state index in [9.17, 15) is 4.79 Å². The van der Waals surface area contributed by atoms with E-state index in [-0.39, 0.29) is 10.9 Å². The molecule has 0 saturated carbocycles. The van der Waals surface area contributed by atoms with Crippen molar-refractivity contribution >= 4 is 40.4 Å². The van der Waals surface area contributed by atoms with Crippen molar-refractivity contribution in [3.63, 3.8) is 0 Å². The van der Waals surface area contributed by atoms with Crippen molar-refractivity contribution in [3.05, 3.63) is 64.7 Å². The highest BCUT2D eigenvalue weighted by molar-refractivity contribution is 7.80. The zero-order valence-electron chi connectivity index (χ0n) is 11.5. The van der Waals surface area contributed by atoms with Crippen LogP contribution in [-0.4, -0.2) is 10.9 Å². The molecule has 21 heavy (non-hydrogen) atoms. The summed E-state index contributed by atoms with van der Waals surface area (Å²) in [4.78, 5) is 12.6. The van der Waals surface area contributed by atoms with Crippen LogP contribution in [0.5, 0.6) is 0 Å². The van der Waals surface area contributed by atoms with Gasteiger partial charge in [-0.25, -0.2) is 0 Å². The van der Waals surface area contributed by atoms with Crippen LogP contribution in [0.2, 0.25) is 5.02 Å². The van der Waals surface area contributed by atoms with E-state index >= 15 is 0 Å². The Kier molecular flexibility index (Phi) is 4.94. The van der Waals surface area contributed by atoms with Crippen LogP contribution in [0.1, 0.15) is 17.0 Å². The summed E-state index contributed by atoms with van der Waals surface area (Å²) in [6.45, 7) is 1.90. The summed E-state index contributed by atoms with van der Waals surface area (Å²) in [5, 5.41) is 3.40. The van der Waals surface area contributed by atoms with Gasteiger partial charge in [-0.05, 0) is 30.2 Å². The quantitative estimate of drug-likeness (QED) is 0.846. The smallest absolute Gasteiger partial charge is 0.238 e. The van der Waals surface area contributed by atoms with Gasteiger partial charge in [-0.3, -0.25) is 4.79 Å². The highest BCUT2D eigenvalue weighted by Crippen LogP contribution is 2.22. The van der Waals surface area contributed by atoms with Gasteiger partial charge >= 0.3 is 0 Å². The van der Waals surface area contributed by atoms with E-state index in [0.717, 1.165) is 11.1 Å². The van der Waals surface area contributed by atoms with Crippen LogP contribution in [0.25, 0.3) is 0 Å². The summed E-state index contributed by atoms with van der Waals surface area (Å²) in [6.07, 6.45) is 0. The number of hydrogen-bond donors (Lipinski definition) is 2. The lowest BCUT2D eigenvalue weighted by Crippen LogP contribution is -2.31. The van der Waals surface area contributed by atoms with Crippen molar-refractivity contribution in [2.45, 2.75) is 12.8 Å². The van der Waals surface area contributed by atoms with Crippen LogP contribution in [0, 0.1) is 6.92 Å². The Labute approximate surface area is 134 Å². The Balaban J connectivity index is 2.24. The first-order chi connectivity index (χ1) is 9.99. The van der Waals surface area contributed by atoms with Crippen molar-refractivity contribution in [2.75, 3.05) is 5.32 Å². The zero-order valence-corrected chi connectivity index (χ0v) is 13.0. The molecule has 0 aliphatic rings. The number of thiocarbonyl (C=S) groups is 1. The number of rotatable bonds is 4. The summed E-state index contributed by atoms with van der Waals surface area (Å²) in [5.41, 5.74) is 8.05. The summed E-state index contributed by atoms with van der Waals surface area (Å²) in [5.74, 6) is -0.935. The average molecular weight is 319 g/mol. The van der Waals surface area contributed by atoms with Crippen LogP contribution in [0.4, 0.5) is 5.69 Å². The van der Waals surface area contributed by atoms with Crippen LogP contribution >= 0.6 is 23.8 Å². The topological polar surface area (TPSA) is 55.1 Å². The number of amides is 1. The molecule has 0 aromatic heterocycles. The first-order valence-corrected chi connectivity index (χ1v) is 7.19. The molecule has 2 aromatic rings. The van der Waals surface area contributed by atoms with Gasteiger partial charge in [0.25, 0.3) is 0 Å². The highest BCUT2D eigenvalue weighted by Gasteiger charge is 2.23. The maximum atomic E-state index is 12.4. The zero-order chi connectivity index (χ0) is 15.4. The molecule has 2 aromatic carbocycles. The third kappa shape index (κ3) is 3.80. The lowest BCUT2D eigenvalue weighted by atomic mass is 9.98. The van der Waals surface area contributed by atoms with E-state index in [1.165, 1.54) is 0 Å². The molecule has 1 unspecified atom stereocenters. The fourth-order valence-electron chi connectivity index (χ4n) is 1.98. The third-order valence-electron chi connectivity index (χ3n) is 3.12. The van der Waals surface area contributed by atoms with Crippen molar-refractivity contribution in [1.29, 1.82) is 0 Å². The molecule has 3 nitrogen and oxygen atoms in total. The van der Waals surface area contributed by atoms with Crippen LogP contribution < -0.4 is 11.1 Å². The number of aryl methyl sites for hydroxylation is 1. The number of hydrogen-bond acceptors (Lipinski definition) is 2. The van der Waals surface area contributed by atoms with Crippen molar-refractivity contribution in [1.82, 2.24) is 0 Å². The molecule has 3 N–H and O–H groups in total. The van der Waals surface area contributed by atoms with E-state index in [2.05, 4.69) is 5.32 Å². The Bertz CT molecular complexity index is 673. The SMILES string of the molecule is Cc1ccc(NC(=O)C(C(N)=S)c2ccccc2)cc1Cl. The van der Waals surface area contributed by atoms with Gasteiger partial charge in [0, 0.05) is 10.7 Å². The van der Waals surface area contributed by atoms with Crippen molar-refractivity contribution in [2.24, 2.45) is 5.73 Å². The maximum Gasteiger partial charge on any atom is 0.238 e. The van der Waals surface area contributed by atoms with E-state index < -0.39 is 5.92 Å². The monoisotopic (exact) mass is 318 g/mol. The number of carbonyl (C=O) groups excluding carboxylic acids is 1. The summed E-state index contributed by atoms with van der Waals surface area (Å²) in [6, 6.07) is 14.6. The minimum absolute atomic E-state index is 0.136. The molecule has 0 radical (unpaired) electrons. The molecule has 0 bridgehead atoms. The molecule has 1 atom stereocenters. The van der Waals surface area contributed by atoms with Crippen molar-refractivity contribution < 1.29 is 4.79 Å². The summed E-state index contributed by atoms with van der Waals surface area (Å²) in [7, 11) is 0. The number of anilines is 1. The predicted octanol–water partition coefficient (Wildman–Crippen LogP) is 3.66. The van der Waals surface area contributed by atoms with Crippen molar-refractivity contribution in [3.8, 4) is 0 Å². The van der Waals surface area contributed by atoms with E-state index in [0.29, 0.717) is 10.7 Å². The third-order valence-corrected chi connectivity index (χ3v) is 3.76. The van der Waals surface area contributed by atoms with Gasteiger partial charge in [0.15, 0.2) is 0 Å². The molecule has 2 rings (SSSR count).